The Bertz CT molecular complexity index is 957. The molecule has 0 spiro atoms. The fourth-order valence-corrected chi connectivity index (χ4v) is 2.54. The van der Waals surface area contributed by atoms with Gasteiger partial charge in [0.25, 0.3) is 0 Å². The van der Waals surface area contributed by atoms with Gasteiger partial charge in [-0.3, -0.25) is 9.78 Å². The van der Waals surface area contributed by atoms with Crippen molar-refractivity contribution < 1.29 is 18.7 Å². The Kier molecular flexibility index (Phi) is 4.74. The number of fused-ring (bicyclic) bond motifs is 1. The second kappa shape index (κ2) is 7.12. The fraction of sp³-hybridized carbons (Fsp3) is 0.222. The molecule has 2 aromatic carbocycles. The second-order valence-corrected chi connectivity index (χ2v) is 5.49. The Morgan fingerprint density at radius 1 is 1.08 bits per heavy atom. The summed E-state index contributed by atoms with van der Waals surface area (Å²) in [5.74, 6) is 0.584. The summed E-state index contributed by atoms with van der Waals surface area (Å²) in [5.41, 5.74) is 2.76. The standard InChI is InChI=1S/C18H18N2O5/c1-23-14-6-4-11(7-16(14)24-2)9-17(21)19-10-12-3-5-13-15(8-12)25-18(22)20-13/h3-8H,9-10H2,1-2H3,(H,19,21)(H,20,22). The average Bonchev–Trinajstić information content (AvgIpc) is 2.99. The minimum atomic E-state index is -0.496. The predicted molar refractivity (Wildman–Crippen MR) is 91.9 cm³/mol. The van der Waals surface area contributed by atoms with Gasteiger partial charge in [0.15, 0.2) is 17.1 Å². The summed E-state index contributed by atoms with van der Waals surface area (Å²) in [4.78, 5) is 25.9. The van der Waals surface area contributed by atoms with Gasteiger partial charge in [-0.2, -0.15) is 0 Å². The first-order valence-corrected chi connectivity index (χ1v) is 7.68. The van der Waals surface area contributed by atoms with Crippen LogP contribution in [0.5, 0.6) is 11.5 Å². The number of oxazole rings is 1. The molecule has 1 aromatic heterocycles. The van der Waals surface area contributed by atoms with Gasteiger partial charge in [0.1, 0.15) is 0 Å². The minimum Gasteiger partial charge on any atom is -0.493 e. The third kappa shape index (κ3) is 3.82. The molecule has 1 amide bonds. The molecule has 1 heterocycles. The number of aromatic nitrogens is 1. The van der Waals surface area contributed by atoms with Gasteiger partial charge in [0.2, 0.25) is 5.91 Å². The monoisotopic (exact) mass is 342 g/mol. The van der Waals surface area contributed by atoms with E-state index in [0.717, 1.165) is 11.1 Å². The first-order valence-electron chi connectivity index (χ1n) is 7.68. The van der Waals surface area contributed by atoms with E-state index in [1.165, 1.54) is 0 Å². The molecule has 0 bridgehead atoms. The van der Waals surface area contributed by atoms with Crippen LogP contribution in [0.2, 0.25) is 0 Å². The Hall–Kier alpha value is -3.22. The number of carbonyl (C=O) groups is 1. The van der Waals surface area contributed by atoms with Crippen LogP contribution >= 0.6 is 0 Å². The number of benzene rings is 2. The van der Waals surface area contributed by atoms with Crippen molar-refractivity contribution >= 4 is 17.0 Å². The number of rotatable bonds is 6. The zero-order chi connectivity index (χ0) is 17.8. The molecule has 0 atom stereocenters. The number of amides is 1. The lowest BCUT2D eigenvalue weighted by molar-refractivity contribution is -0.120. The second-order valence-electron chi connectivity index (χ2n) is 5.49. The zero-order valence-corrected chi connectivity index (χ0v) is 13.9. The lowest BCUT2D eigenvalue weighted by Crippen LogP contribution is -2.24. The van der Waals surface area contributed by atoms with Crippen molar-refractivity contribution in [2.45, 2.75) is 13.0 Å². The highest BCUT2D eigenvalue weighted by Crippen LogP contribution is 2.27. The molecule has 3 aromatic rings. The molecule has 7 nitrogen and oxygen atoms in total. The maximum Gasteiger partial charge on any atom is 0.417 e. The number of nitrogens with one attached hydrogen (secondary N) is 2. The van der Waals surface area contributed by atoms with Crippen LogP contribution in [0.3, 0.4) is 0 Å². The van der Waals surface area contributed by atoms with Crippen LogP contribution in [0.4, 0.5) is 0 Å². The van der Waals surface area contributed by atoms with E-state index in [-0.39, 0.29) is 12.3 Å². The Balaban J connectivity index is 1.63. The van der Waals surface area contributed by atoms with Gasteiger partial charge in [-0.1, -0.05) is 12.1 Å². The van der Waals surface area contributed by atoms with Crippen molar-refractivity contribution in [2.75, 3.05) is 14.2 Å². The minimum absolute atomic E-state index is 0.122. The molecular formula is C18H18N2O5. The number of H-pyrrole nitrogens is 1. The van der Waals surface area contributed by atoms with E-state index >= 15 is 0 Å². The first-order chi connectivity index (χ1) is 12.1. The van der Waals surface area contributed by atoms with Crippen LogP contribution < -0.4 is 20.5 Å². The highest BCUT2D eigenvalue weighted by atomic mass is 16.5. The van der Waals surface area contributed by atoms with Gasteiger partial charge in [-0.25, -0.2) is 4.79 Å². The summed E-state index contributed by atoms with van der Waals surface area (Å²) in [6.07, 6.45) is 0.224. The zero-order valence-electron chi connectivity index (χ0n) is 13.9. The van der Waals surface area contributed by atoms with Gasteiger partial charge in [0.05, 0.1) is 26.2 Å². The summed E-state index contributed by atoms with van der Waals surface area (Å²) in [6, 6.07) is 10.7. The smallest absolute Gasteiger partial charge is 0.417 e. The highest BCUT2D eigenvalue weighted by molar-refractivity contribution is 5.79. The SMILES string of the molecule is COc1ccc(CC(=O)NCc2ccc3[nH]c(=O)oc3c2)cc1OC. The summed E-state index contributed by atoms with van der Waals surface area (Å²) in [5, 5.41) is 2.84. The number of methoxy groups -OCH3 is 2. The molecule has 0 aliphatic carbocycles. The van der Waals surface area contributed by atoms with E-state index in [4.69, 9.17) is 13.9 Å². The van der Waals surface area contributed by atoms with Crippen molar-refractivity contribution in [1.29, 1.82) is 0 Å². The Morgan fingerprint density at radius 2 is 1.84 bits per heavy atom. The molecule has 0 fully saturated rings. The van der Waals surface area contributed by atoms with Gasteiger partial charge in [-0.05, 0) is 35.4 Å². The van der Waals surface area contributed by atoms with E-state index in [9.17, 15) is 9.59 Å². The maximum atomic E-state index is 12.1. The third-order valence-electron chi connectivity index (χ3n) is 3.79. The molecule has 2 N–H and O–H groups in total. The van der Waals surface area contributed by atoms with Crippen LogP contribution in [0.25, 0.3) is 11.1 Å². The molecule has 0 unspecified atom stereocenters. The predicted octanol–water partition coefficient (Wildman–Crippen LogP) is 2.00. The molecule has 0 aliphatic rings. The van der Waals surface area contributed by atoms with E-state index in [1.807, 2.05) is 12.1 Å². The number of ether oxygens (including phenoxy) is 2. The summed E-state index contributed by atoms with van der Waals surface area (Å²) in [6.45, 7) is 0.344. The molecule has 0 saturated carbocycles. The average molecular weight is 342 g/mol. The molecule has 130 valence electrons. The topological polar surface area (TPSA) is 93.6 Å². The van der Waals surface area contributed by atoms with E-state index < -0.39 is 5.76 Å². The van der Waals surface area contributed by atoms with E-state index in [1.54, 1.807) is 38.5 Å². The molecule has 3 rings (SSSR count). The Labute approximate surface area is 143 Å². The van der Waals surface area contributed by atoms with Gasteiger partial charge in [0, 0.05) is 6.54 Å². The summed E-state index contributed by atoms with van der Waals surface area (Å²) < 4.78 is 15.4. The molecule has 7 heteroatoms. The third-order valence-corrected chi connectivity index (χ3v) is 3.79. The highest BCUT2D eigenvalue weighted by Gasteiger charge is 2.09. The van der Waals surface area contributed by atoms with Crippen molar-refractivity contribution in [1.82, 2.24) is 10.3 Å². The summed E-state index contributed by atoms with van der Waals surface area (Å²) >= 11 is 0. The van der Waals surface area contributed by atoms with Crippen LogP contribution in [-0.4, -0.2) is 25.1 Å². The van der Waals surface area contributed by atoms with E-state index in [2.05, 4.69) is 10.3 Å². The van der Waals surface area contributed by atoms with Crippen molar-refractivity contribution in [3.8, 4) is 11.5 Å². The van der Waals surface area contributed by atoms with Gasteiger partial charge >= 0.3 is 5.76 Å². The largest absolute Gasteiger partial charge is 0.493 e. The molecule has 0 radical (unpaired) electrons. The maximum absolute atomic E-state index is 12.1. The fourth-order valence-electron chi connectivity index (χ4n) is 2.54. The summed E-state index contributed by atoms with van der Waals surface area (Å²) in [7, 11) is 3.12. The Morgan fingerprint density at radius 3 is 2.60 bits per heavy atom. The van der Waals surface area contributed by atoms with Gasteiger partial charge < -0.3 is 19.2 Å². The number of hydrogen-bond acceptors (Lipinski definition) is 5. The quantitative estimate of drug-likeness (QED) is 0.715. The molecular weight excluding hydrogens is 324 g/mol. The molecule has 0 saturated heterocycles. The number of aromatic amines is 1. The molecule has 25 heavy (non-hydrogen) atoms. The molecule has 0 aliphatic heterocycles. The van der Waals surface area contributed by atoms with Crippen LogP contribution in [0.1, 0.15) is 11.1 Å². The van der Waals surface area contributed by atoms with Gasteiger partial charge in [-0.15, -0.1) is 0 Å². The van der Waals surface area contributed by atoms with E-state index in [0.29, 0.717) is 29.1 Å². The van der Waals surface area contributed by atoms with Crippen molar-refractivity contribution in [2.24, 2.45) is 0 Å². The number of carbonyl (C=O) groups excluding carboxylic acids is 1. The first kappa shape index (κ1) is 16.6. The lowest BCUT2D eigenvalue weighted by atomic mass is 10.1. The van der Waals surface area contributed by atoms with Crippen LogP contribution in [-0.2, 0) is 17.8 Å². The van der Waals surface area contributed by atoms with Crippen molar-refractivity contribution in [3.63, 3.8) is 0 Å². The van der Waals surface area contributed by atoms with Crippen molar-refractivity contribution in [3.05, 3.63) is 58.1 Å². The number of hydrogen-bond donors (Lipinski definition) is 2. The van der Waals surface area contributed by atoms with Crippen LogP contribution in [0.15, 0.2) is 45.6 Å². The van der Waals surface area contributed by atoms with Crippen LogP contribution in [0, 0.1) is 0 Å². The lowest BCUT2D eigenvalue weighted by Gasteiger charge is -2.10. The normalized spacial score (nSPS) is 10.6.